The fourth-order valence-electron chi connectivity index (χ4n) is 4.75. The number of rotatable bonds is 10. The first-order chi connectivity index (χ1) is 21.6. The first-order valence-electron chi connectivity index (χ1n) is 14.1. The van der Waals surface area contributed by atoms with Gasteiger partial charge in [-0.05, 0) is 59.7 Å². The number of anilines is 2. The minimum Gasteiger partial charge on any atom is -0.457 e. The summed E-state index contributed by atoms with van der Waals surface area (Å²) in [6.45, 7) is -0.0185. The summed E-state index contributed by atoms with van der Waals surface area (Å²) in [6.07, 6.45) is 1.10. The molecule has 1 aliphatic rings. The maximum atomic E-state index is 12.8. The number of nitrogens with zero attached hydrogens (tertiary/aromatic N) is 2. The van der Waals surface area contributed by atoms with Crippen molar-refractivity contribution < 1.29 is 24.1 Å². The summed E-state index contributed by atoms with van der Waals surface area (Å²) in [5.74, 6) is 2.06. The van der Waals surface area contributed by atoms with Gasteiger partial charge in [0.2, 0.25) is 0 Å². The number of aromatic amines is 1. The predicted molar refractivity (Wildman–Crippen MR) is 168 cm³/mol. The molecule has 2 amide bonds. The van der Waals surface area contributed by atoms with E-state index in [1.165, 1.54) is 18.1 Å². The van der Waals surface area contributed by atoms with Crippen molar-refractivity contribution in [2.24, 2.45) is 0 Å². The molecule has 1 saturated heterocycles. The SMILES string of the molecule is O=C(Nc1ccc(Oc2ccccc2)cc1)Nc1cccc([C@@H]2O[C@H](CSc3ncn[nH]3)C[C@H](c3ccc(CO)cc3)O2)c1. The summed E-state index contributed by atoms with van der Waals surface area (Å²) < 4.78 is 18.7. The van der Waals surface area contributed by atoms with E-state index >= 15 is 0 Å². The number of carbonyl (C=O) groups is 1. The molecule has 5 aromatic rings. The van der Waals surface area contributed by atoms with Gasteiger partial charge < -0.3 is 30.0 Å². The van der Waals surface area contributed by atoms with Crippen molar-refractivity contribution in [2.45, 2.75) is 36.7 Å². The smallest absolute Gasteiger partial charge is 0.323 e. The monoisotopic (exact) mass is 609 g/mol. The topological polar surface area (TPSA) is 131 Å². The van der Waals surface area contributed by atoms with Crippen molar-refractivity contribution in [2.75, 3.05) is 16.4 Å². The van der Waals surface area contributed by atoms with E-state index < -0.39 is 6.29 Å². The number of nitrogens with one attached hydrogen (secondary N) is 3. The second-order valence-electron chi connectivity index (χ2n) is 10.1. The number of aliphatic hydroxyl groups excluding tert-OH is 1. The van der Waals surface area contributed by atoms with E-state index in [2.05, 4.69) is 25.8 Å². The minimum absolute atomic E-state index is 0.0185. The average Bonchev–Trinajstić information content (AvgIpc) is 3.59. The van der Waals surface area contributed by atoms with E-state index in [0.29, 0.717) is 29.3 Å². The molecule has 1 aromatic heterocycles. The Morgan fingerprint density at radius 1 is 0.886 bits per heavy atom. The van der Waals surface area contributed by atoms with Crippen molar-refractivity contribution >= 4 is 29.2 Å². The van der Waals surface area contributed by atoms with Crippen LogP contribution in [0.4, 0.5) is 16.2 Å². The highest BCUT2D eigenvalue weighted by atomic mass is 32.2. The lowest BCUT2D eigenvalue weighted by Gasteiger charge is -2.36. The molecule has 6 rings (SSSR count). The number of ether oxygens (including phenoxy) is 3. The molecular weight excluding hydrogens is 578 g/mol. The number of aliphatic hydroxyl groups is 1. The lowest BCUT2D eigenvalue weighted by atomic mass is 10.0. The van der Waals surface area contributed by atoms with Crippen LogP contribution in [0.2, 0.25) is 0 Å². The van der Waals surface area contributed by atoms with Crippen molar-refractivity contribution in [3.8, 4) is 11.5 Å². The Morgan fingerprint density at radius 3 is 2.41 bits per heavy atom. The molecule has 1 fully saturated rings. The summed E-state index contributed by atoms with van der Waals surface area (Å²) in [5.41, 5.74) is 3.83. The van der Waals surface area contributed by atoms with Gasteiger partial charge in [-0.1, -0.05) is 66.4 Å². The third-order valence-corrected chi connectivity index (χ3v) is 7.93. The summed E-state index contributed by atoms with van der Waals surface area (Å²) in [5, 5.41) is 22.7. The van der Waals surface area contributed by atoms with Gasteiger partial charge in [-0.2, -0.15) is 5.10 Å². The molecule has 0 aliphatic carbocycles. The van der Waals surface area contributed by atoms with Crippen LogP contribution in [0.25, 0.3) is 0 Å². The number of urea groups is 1. The van der Waals surface area contributed by atoms with E-state index in [4.69, 9.17) is 14.2 Å². The Bertz CT molecular complexity index is 1640. The first kappa shape index (κ1) is 29.4. The van der Waals surface area contributed by atoms with Crippen molar-refractivity contribution in [3.63, 3.8) is 0 Å². The van der Waals surface area contributed by atoms with E-state index in [-0.39, 0.29) is 24.8 Å². The maximum absolute atomic E-state index is 12.8. The third-order valence-electron chi connectivity index (χ3n) is 6.92. The number of carbonyl (C=O) groups excluding carboxylic acids is 1. The molecule has 4 N–H and O–H groups in total. The van der Waals surface area contributed by atoms with Crippen LogP contribution >= 0.6 is 11.8 Å². The van der Waals surface area contributed by atoms with E-state index in [1.807, 2.05) is 78.9 Å². The predicted octanol–water partition coefficient (Wildman–Crippen LogP) is 7.07. The van der Waals surface area contributed by atoms with Crippen LogP contribution in [0.5, 0.6) is 11.5 Å². The van der Waals surface area contributed by atoms with Crippen molar-refractivity contribution in [1.82, 2.24) is 15.2 Å². The van der Waals surface area contributed by atoms with Crippen LogP contribution in [0, 0.1) is 0 Å². The zero-order valence-corrected chi connectivity index (χ0v) is 24.4. The van der Waals surface area contributed by atoms with Gasteiger partial charge in [-0.25, -0.2) is 9.78 Å². The number of hydrogen-bond acceptors (Lipinski definition) is 8. The first-order valence-corrected chi connectivity index (χ1v) is 15.1. The molecule has 2 heterocycles. The molecule has 0 unspecified atom stereocenters. The van der Waals surface area contributed by atoms with Gasteiger partial charge in [-0.15, -0.1) is 0 Å². The lowest BCUT2D eigenvalue weighted by molar-refractivity contribution is -0.245. The van der Waals surface area contributed by atoms with Crippen LogP contribution in [-0.2, 0) is 16.1 Å². The van der Waals surface area contributed by atoms with Gasteiger partial charge >= 0.3 is 6.03 Å². The Hall–Kier alpha value is -4.68. The number of hydrogen-bond donors (Lipinski definition) is 4. The van der Waals surface area contributed by atoms with E-state index in [9.17, 15) is 9.90 Å². The highest BCUT2D eigenvalue weighted by Gasteiger charge is 2.32. The molecule has 0 radical (unpaired) electrons. The highest BCUT2D eigenvalue weighted by molar-refractivity contribution is 7.99. The zero-order valence-electron chi connectivity index (χ0n) is 23.6. The molecular formula is C33H31N5O5S. The normalized spacial score (nSPS) is 18.0. The molecule has 4 aromatic carbocycles. The number of thioether (sulfide) groups is 1. The van der Waals surface area contributed by atoms with Gasteiger partial charge in [0.25, 0.3) is 0 Å². The molecule has 3 atom stereocenters. The Labute approximate surface area is 258 Å². The largest absolute Gasteiger partial charge is 0.457 e. The quantitative estimate of drug-likeness (QED) is 0.124. The Morgan fingerprint density at radius 2 is 1.66 bits per heavy atom. The fraction of sp³-hybridized carbons (Fsp3) is 0.182. The molecule has 44 heavy (non-hydrogen) atoms. The summed E-state index contributed by atoms with van der Waals surface area (Å²) in [4.78, 5) is 17.0. The molecule has 0 saturated carbocycles. The average molecular weight is 610 g/mol. The van der Waals surface area contributed by atoms with E-state index in [0.717, 1.165) is 27.6 Å². The number of amides is 2. The summed E-state index contributed by atoms with van der Waals surface area (Å²) >= 11 is 1.53. The fourth-order valence-corrected chi connectivity index (χ4v) is 5.54. The van der Waals surface area contributed by atoms with Crippen molar-refractivity contribution in [3.05, 3.63) is 126 Å². The van der Waals surface area contributed by atoms with Crippen molar-refractivity contribution in [1.29, 1.82) is 0 Å². The van der Waals surface area contributed by atoms with E-state index in [1.54, 1.807) is 24.3 Å². The van der Waals surface area contributed by atoms with Crippen LogP contribution in [0.15, 0.2) is 115 Å². The number of para-hydroxylation sites is 1. The molecule has 224 valence electrons. The van der Waals surface area contributed by atoms with Crippen LogP contribution in [0.3, 0.4) is 0 Å². The number of aromatic nitrogens is 3. The maximum Gasteiger partial charge on any atom is 0.323 e. The second kappa shape index (κ2) is 14.2. The standard InChI is InChI=1S/C33H31N5O5S/c39-19-22-9-11-23(12-10-22)30-18-29(20-44-33-34-21-35-38-33)42-31(43-30)24-5-4-6-26(17-24)37-32(40)36-25-13-15-28(16-14-25)41-27-7-2-1-3-8-27/h1-17,21,29-31,39H,18-20H2,(H,34,35,38)(H2,36,37,40)/t29-,30+,31+/m0/s1. The van der Waals surface area contributed by atoms with Gasteiger partial charge in [0, 0.05) is 29.1 Å². The lowest BCUT2D eigenvalue weighted by Crippen LogP contribution is -2.31. The second-order valence-corrected chi connectivity index (χ2v) is 11.1. The van der Waals surface area contributed by atoms with Crippen LogP contribution < -0.4 is 15.4 Å². The molecule has 10 nitrogen and oxygen atoms in total. The van der Waals surface area contributed by atoms with Gasteiger partial charge in [0.15, 0.2) is 11.4 Å². The summed E-state index contributed by atoms with van der Waals surface area (Å²) in [6, 6.07) is 31.4. The number of benzene rings is 4. The number of H-pyrrole nitrogens is 1. The van der Waals surface area contributed by atoms with Crippen LogP contribution in [-0.4, -0.2) is 38.2 Å². The molecule has 1 aliphatic heterocycles. The minimum atomic E-state index is -0.659. The van der Waals surface area contributed by atoms with Gasteiger partial charge in [-0.3, -0.25) is 5.10 Å². The van der Waals surface area contributed by atoms with Gasteiger partial charge in [0.1, 0.15) is 17.8 Å². The summed E-state index contributed by atoms with van der Waals surface area (Å²) in [7, 11) is 0. The Balaban J connectivity index is 1.11. The Kier molecular flexibility index (Phi) is 9.48. The highest BCUT2D eigenvalue weighted by Crippen LogP contribution is 2.39. The molecule has 0 bridgehead atoms. The molecule has 11 heteroatoms. The molecule has 0 spiro atoms. The van der Waals surface area contributed by atoms with Gasteiger partial charge in [0.05, 0.1) is 18.8 Å². The van der Waals surface area contributed by atoms with Crippen LogP contribution in [0.1, 0.15) is 35.5 Å². The zero-order chi connectivity index (χ0) is 30.1. The third kappa shape index (κ3) is 7.82.